The molecule has 0 aliphatic carbocycles. The van der Waals surface area contributed by atoms with Crippen molar-refractivity contribution in [1.82, 2.24) is 16.0 Å². The maximum atomic E-state index is 12.6. The molecule has 11 nitrogen and oxygen atoms in total. The minimum absolute atomic E-state index is 0.120. The van der Waals surface area contributed by atoms with Crippen LogP contribution in [-0.4, -0.2) is 71.2 Å². The van der Waals surface area contributed by atoms with Gasteiger partial charge in [0.2, 0.25) is 17.7 Å². The van der Waals surface area contributed by atoms with E-state index in [0.717, 1.165) is 25.7 Å². The summed E-state index contributed by atoms with van der Waals surface area (Å²) in [5, 5.41) is 26.0. The van der Waals surface area contributed by atoms with Gasteiger partial charge >= 0.3 is 5.97 Å². The number of rotatable bonds is 16. The summed E-state index contributed by atoms with van der Waals surface area (Å²) in [7, 11) is 0. The summed E-state index contributed by atoms with van der Waals surface area (Å²) in [6.45, 7) is 3.14. The zero-order valence-corrected chi connectivity index (χ0v) is 17.9. The Morgan fingerprint density at radius 3 is 2.03 bits per heavy atom. The molecule has 0 aromatic heterocycles. The van der Waals surface area contributed by atoms with Crippen LogP contribution in [0.3, 0.4) is 0 Å². The number of aliphatic carboxylic acids is 1. The number of carboxylic acids is 1. The Labute approximate surface area is 177 Å². The van der Waals surface area contributed by atoms with Crippen molar-refractivity contribution >= 4 is 23.7 Å². The fraction of sp³-hybridized carbons (Fsp3) is 0.789. The highest BCUT2D eigenvalue weighted by molar-refractivity contribution is 5.93. The van der Waals surface area contributed by atoms with Crippen LogP contribution >= 0.6 is 0 Å². The van der Waals surface area contributed by atoms with Crippen molar-refractivity contribution in [3.05, 3.63) is 0 Å². The summed E-state index contributed by atoms with van der Waals surface area (Å²) in [5.41, 5.74) is 10.8. The average molecular weight is 432 g/mol. The van der Waals surface area contributed by atoms with E-state index in [1.165, 1.54) is 6.92 Å². The zero-order valence-electron chi connectivity index (χ0n) is 17.9. The van der Waals surface area contributed by atoms with Crippen molar-refractivity contribution in [3.8, 4) is 0 Å². The van der Waals surface area contributed by atoms with Crippen LogP contribution in [0.2, 0.25) is 0 Å². The lowest BCUT2D eigenvalue weighted by Crippen LogP contribution is -2.60. The Kier molecular flexibility index (Phi) is 14.4. The predicted octanol–water partition coefficient (Wildman–Crippen LogP) is -1.43. The van der Waals surface area contributed by atoms with Crippen molar-refractivity contribution in [2.45, 2.75) is 83.0 Å². The second kappa shape index (κ2) is 15.6. The molecule has 0 saturated heterocycles. The first-order valence-corrected chi connectivity index (χ1v) is 10.4. The maximum Gasteiger partial charge on any atom is 0.327 e. The van der Waals surface area contributed by atoms with E-state index < -0.39 is 42.0 Å². The molecule has 9 N–H and O–H groups in total. The molecular formula is C19H37N5O6. The summed E-state index contributed by atoms with van der Waals surface area (Å²) < 4.78 is 0. The average Bonchev–Trinajstić information content (AvgIpc) is 2.68. The number of unbranched alkanes of at least 4 members (excludes halogenated alkanes) is 4. The summed E-state index contributed by atoms with van der Waals surface area (Å²) >= 11 is 0. The van der Waals surface area contributed by atoms with Gasteiger partial charge in [-0.15, -0.1) is 0 Å². The number of carbonyl (C=O) groups excluding carboxylic acids is 3. The highest BCUT2D eigenvalue weighted by Crippen LogP contribution is 2.05. The first kappa shape index (κ1) is 27.8. The van der Waals surface area contributed by atoms with E-state index in [-0.39, 0.29) is 31.8 Å². The number of hydrogen-bond acceptors (Lipinski definition) is 7. The highest BCUT2D eigenvalue weighted by Gasteiger charge is 2.31. The molecule has 0 fully saturated rings. The third-order valence-electron chi connectivity index (χ3n) is 4.53. The van der Waals surface area contributed by atoms with Gasteiger partial charge in [-0.2, -0.15) is 0 Å². The molecule has 0 rings (SSSR count). The molecule has 0 radical (unpaired) electrons. The molecule has 174 valence electrons. The number of amides is 3. The molecule has 0 saturated carbocycles. The Morgan fingerprint density at radius 1 is 0.900 bits per heavy atom. The van der Waals surface area contributed by atoms with E-state index in [2.05, 4.69) is 22.9 Å². The largest absolute Gasteiger partial charge is 0.480 e. The summed E-state index contributed by atoms with van der Waals surface area (Å²) in [6.07, 6.45) is 3.98. The van der Waals surface area contributed by atoms with Crippen LogP contribution in [0, 0.1) is 0 Å². The standard InChI is InChI=1S/C19H37N5O6/c1-3-4-5-6-7-8-15(26)22-13(9-10-20)17(27)24-16(12(2)25)18(28)23-14(11-21)19(29)30/h12-14,16,25H,3-11,20-21H2,1-2H3,(H,22,26)(H,23,28)(H,24,27)(H,29,30)/t12-,13+,14+,16+/m1/s1. The van der Waals surface area contributed by atoms with Crippen molar-refractivity contribution < 1.29 is 29.4 Å². The van der Waals surface area contributed by atoms with Gasteiger partial charge in [0, 0.05) is 13.0 Å². The third kappa shape index (κ3) is 11.1. The van der Waals surface area contributed by atoms with Gasteiger partial charge < -0.3 is 37.6 Å². The quantitative estimate of drug-likeness (QED) is 0.144. The second-order valence-electron chi connectivity index (χ2n) is 7.22. The molecule has 4 atom stereocenters. The molecule has 30 heavy (non-hydrogen) atoms. The highest BCUT2D eigenvalue weighted by atomic mass is 16.4. The molecule has 11 heteroatoms. The zero-order chi connectivity index (χ0) is 23.1. The molecule has 0 aliphatic heterocycles. The first-order valence-electron chi connectivity index (χ1n) is 10.4. The lowest BCUT2D eigenvalue weighted by Gasteiger charge is -2.25. The normalized spacial score (nSPS) is 14.8. The fourth-order valence-electron chi connectivity index (χ4n) is 2.73. The lowest BCUT2D eigenvalue weighted by molar-refractivity contribution is -0.142. The van der Waals surface area contributed by atoms with E-state index in [1.807, 2.05) is 0 Å². The summed E-state index contributed by atoms with van der Waals surface area (Å²) in [4.78, 5) is 48.1. The van der Waals surface area contributed by atoms with Crippen LogP contribution in [0.15, 0.2) is 0 Å². The number of aliphatic hydroxyl groups is 1. The van der Waals surface area contributed by atoms with Crippen molar-refractivity contribution in [2.24, 2.45) is 11.5 Å². The van der Waals surface area contributed by atoms with Gasteiger partial charge in [0.25, 0.3) is 0 Å². The third-order valence-corrected chi connectivity index (χ3v) is 4.53. The minimum Gasteiger partial charge on any atom is -0.480 e. The van der Waals surface area contributed by atoms with Crippen LogP contribution in [0.1, 0.15) is 58.8 Å². The molecule has 0 spiro atoms. The lowest BCUT2D eigenvalue weighted by atomic mass is 10.1. The Bertz CT molecular complexity index is 558. The van der Waals surface area contributed by atoms with E-state index in [1.54, 1.807) is 0 Å². The van der Waals surface area contributed by atoms with Crippen LogP contribution in [0.4, 0.5) is 0 Å². The molecule has 3 amide bonds. The van der Waals surface area contributed by atoms with Crippen molar-refractivity contribution in [2.75, 3.05) is 13.1 Å². The van der Waals surface area contributed by atoms with Crippen LogP contribution in [-0.2, 0) is 19.2 Å². The molecule has 0 bridgehead atoms. The van der Waals surface area contributed by atoms with E-state index in [4.69, 9.17) is 16.6 Å². The summed E-state index contributed by atoms with van der Waals surface area (Å²) in [5.74, 6) is -3.23. The number of carboxylic acid groups (broad SMARTS) is 1. The van der Waals surface area contributed by atoms with Crippen molar-refractivity contribution in [3.63, 3.8) is 0 Å². The SMILES string of the molecule is CCCCCCCC(=O)N[C@@H](CCN)C(=O)N[C@H](C(=O)N[C@@H](CN)C(=O)O)[C@@H](C)O. The van der Waals surface area contributed by atoms with Crippen LogP contribution in [0.5, 0.6) is 0 Å². The first-order chi connectivity index (χ1) is 14.2. The van der Waals surface area contributed by atoms with Gasteiger partial charge in [0.15, 0.2) is 0 Å². The molecule has 0 aromatic carbocycles. The number of aliphatic hydroxyl groups excluding tert-OH is 1. The Hall–Kier alpha value is -2.24. The van der Waals surface area contributed by atoms with Crippen LogP contribution in [0.25, 0.3) is 0 Å². The predicted molar refractivity (Wildman–Crippen MR) is 111 cm³/mol. The van der Waals surface area contributed by atoms with Gasteiger partial charge in [-0.25, -0.2) is 4.79 Å². The fourth-order valence-corrected chi connectivity index (χ4v) is 2.73. The van der Waals surface area contributed by atoms with Gasteiger partial charge in [-0.05, 0) is 26.3 Å². The Morgan fingerprint density at radius 2 is 1.53 bits per heavy atom. The number of carbonyl (C=O) groups is 4. The van der Waals surface area contributed by atoms with Gasteiger partial charge in [-0.3, -0.25) is 14.4 Å². The van der Waals surface area contributed by atoms with Gasteiger partial charge in [0.05, 0.1) is 6.10 Å². The molecule has 0 aromatic rings. The molecular weight excluding hydrogens is 394 g/mol. The molecule has 0 aliphatic rings. The second-order valence-corrected chi connectivity index (χ2v) is 7.22. The number of nitrogens with one attached hydrogen (secondary N) is 3. The molecule has 0 heterocycles. The smallest absolute Gasteiger partial charge is 0.327 e. The van der Waals surface area contributed by atoms with Gasteiger partial charge in [-0.1, -0.05) is 32.6 Å². The van der Waals surface area contributed by atoms with Crippen LogP contribution < -0.4 is 27.4 Å². The maximum absolute atomic E-state index is 12.6. The number of hydrogen-bond donors (Lipinski definition) is 7. The number of nitrogens with two attached hydrogens (primary N) is 2. The van der Waals surface area contributed by atoms with Crippen molar-refractivity contribution in [1.29, 1.82) is 0 Å². The topological polar surface area (TPSA) is 197 Å². The summed E-state index contributed by atoms with van der Waals surface area (Å²) in [6, 6.07) is -3.75. The van der Waals surface area contributed by atoms with E-state index in [9.17, 15) is 24.3 Å². The van der Waals surface area contributed by atoms with E-state index in [0.29, 0.717) is 6.42 Å². The van der Waals surface area contributed by atoms with E-state index >= 15 is 0 Å². The monoisotopic (exact) mass is 431 g/mol. The van der Waals surface area contributed by atoms with Gasteiger partial charge in [0.1, 0.15) is 18.1 Å². The molecule has 0 unspecified atom stereocenters. The minimum atomic E-state index is -1.42. The Balaban J connectivity index is 4.90.